The number of hydrogen-bond donors (Lipinski definition) is 1. The second-order valence-corrected chi connectivity index (χ2v) is 6.40. The fourth-order valence-corrected chi connectivity index (χ4v) is 3.20. The van der Waals surface area contributed by atoms with Crippen LogP contribution < -0.4 is 0 Å². The van der Waals surface area contributed by atoms with Crippen molar-refractivity contribution in [3.05, 3.63) is 0 Å². The molecule has 1 N–H and O–H groups in total. The number of aliphatic carboxylic acids is 1. The molecule has 2 atom stereocenters. The summed E-state index contributed by atoms with van der Waals surface area (Å²) >= 11 is 0. The first kappa shape index (κ1) is 17.8. The van der Waals surface area contributed by atoms with Crippen molar-refractivity contribution >= 4 is 12.0 Å². The Hall–Kier alpha value is -1.30. The van der Waals surface area contributed by atoms with E-state index in [0.717, 1.165) is 12.8 Å². The van der Waals surface area contributed by atoms with E-state index in [1.54, 1.807) is 12.0 Å². The number of methoxy groups -OCH3 is 1. The minimum Gasteiger partial charge on any atom is -0.480 e. The Kier molecular flexibility index (Phi) is 6.01. The van der Waals surface area contributed by atoms with E-state index in [-0.39, 0.29) is 12.1 Å². The molecule has 0 aliphatic carbocycles. The molecule has 6 heteroatoms. The molecule has 1 fully saturated rings. The molecule has 0 bridgehead atoms. The molecule has 1 aliphatic heterocycles. The topological polar surface area (TPSA) is 70.1 Å². The molecule has 0 aromatic carbocycles. The van der Waals surface area contributed by atoms with Gasteiger partial charge in [0.1, 0.15) is 6.04 Å². The molecule has 2 unspecified atom stereocenters. The van der Waals surface area contributed by atoms with Crippen molar-refractivity contribution < 1.29 is 19.4 Å². The summed E-state index contributed by atoms with van der Waals surface area (Å²) in [5.74, 6) is -0.927. The molecule has 1 saturated heterocycles. The van der Waals surface area contributed by atoms with E-state index < -0.39 is 17.4 Å². The zero-order valence-electron chi connectivity index (χ0n) is 13.8. The highest BCUT2D eigenvalue weighted by Gasteiger charge is 2.45. The Morgan fingerprint density at radius 3 is 2.57 bits per heavy atom. The summed E-state index contributed by atoms with van der Waals surface area (Å²) in [5.41, 5.74) is -0.413. The zero-order valence-corrected chi connectivity index (χ0v) is 13.8. The van der Waals surface area contributed by atoms with Crippen molar-refractivity contribution in [1.82, 2.24) is 9.80 Å². The first-order valence-electron chi connectivity index (χ1n) is 7.55. The minimum atomic E-state index is -0.927. The first-order chi connectivity index (χ1) is 9.76. The molecule has 1 heterocycles. The number of carbonyl (C=O) groups is 2. The lowest BCUT2D eigenvalue weighted by Crippen LogP contribution is -2.60. The van der Waals surface area contributed by atoms with Crippen molar-refractivity contribution in [2.75, 3.05) is 26.8 Å². The third kappa shape index (κ3) is 3.87. The number of nitrogens with zero attached hydrogens (tertiary/aromatic N) is 2. The summed E-state index contributed by atoms with van der Waals surface area (Å²) in [6, 6.07) is -1.06. The van der Waals surface area contributed by atoms with Crippen LogP contribution >= 0.6 is 0 Å². The van der Waals surface area contributed by atoms with Gasteiger partial charge in [-0.2, -0.15) is 0 Å². The van der Waals surface area contributed by atoms with Crippen molar-refractivity contribution in [2.45, 2.75) is 52.6 Å². The molecule has 21 heavy (non-hydrogen) atoms. The number of carboxylic acid groups (broad SMARTS) is 1. The maximum Gasteiger partial charge on any atom is 0.327 e. The highest BCUT2D eigenvalue weighted by atomic mass is 16.5. The standard InChI is InChI=1S/C15H28N2O4/c1-6-16(11(2)10-21-5)14(20)17-9-7-8-15(3,4)12(17)13(18)19/h11-12H,6-10H2,1-5H3,(H,18,19). The van der Waals surface area contributed by atoms with Gasteiger partial charge < -0.3 is 19.6 Å². The van der Waals surface area contributed by atoms with Gasteiger partial charge in [0.25, 0.3) is 0 Å². The van der Waals surface area contributed by atoms with E-state index in [1.807, 2.05) is 27.7 Å². The number of urea groups is 1. The molecule has 0 radical (unpaired) electrons. The number of likely N-dealkylation sites (N-methyl/N-ethyl adjacent to an activating group) is 1. The largest absolute Gasteiger partial charge is 0.480 e. The molecule has 0 aromatic heterocycles. The zero-order chi connectivity index (χ0) is 16.2. The fourth-order valence-electron chi connectivity index (χ4n) is 3.20. The summed E-state index contributed by atoms with van der Waals surface area (Å²) in [6.45, 7) is 9.11. The van der Waals surface area contributed by atoms with Gasteiger partial charge in [-0.25, -0.2) is 9.59 Å². The average Bonchev–Trinajstić information content (AvgIpc) is 2.37. The lowest BCUT2D eigenvalue weighted by molar-refractivity contribution is -0.148. The Morgan fingerprint density at radius 1 is 1.48 bits per heavy atom. The third-order valence-electron chi connectivity index (χ3n) is 4.28. The Morgan fingerprint density at radius 2 is 2.10 bits per heavy atom. The van der Waals surface area contributed by atoms with Crippen molar-refractivity contribution in [2.24, 2.45) is 5.41 Å². The van der Waals surface area contributed by atoms with Gasteiger partial charge >= 0.3 is 12.0 Å². The third-order valence-corrected chi connectivity index (χ3v) is 4.28. The van der Waals surface area contributed by atoms with Gasteiger partial charge in [0.2, 0.25) is 0 Å². The number of ether oxygens (including phenoxy) is 1. The smallest absolute Gasteiger partial charge is 0.327 e. The summed E-state index contributed by atoms with van der Waals surface area (Å²) in [7, 11) is 1.60. The summed E-state index contributed by atoms with van der Waals surface area (Å²) < 4.78 is 5.11. The highest BCUT2D eigenvalue weighted by molar-refractivity contribution is 5.83. The van der Waals surface area contributed by atoms with E-state index in [1.165, 1.54) is 4.90 Å². The summed E-state index contributed by atoms with van der Waals surface area (Å²) in [4.78, 5) is 27.6. The Bertz CT molecular complexity index is 384. The molecule has 2 amide bonds. The van der Waals surface area contributed by atoms with Crippen molar-refractivity contribution in [3.8, 4) is 0 Å². The lowest BCUT2D eigenvalue weighted by Gasteiger charge is -2.46. The molecule has 0 aromatic rings. The second kappa shape index (κ2) is 7.11. The normalized spacial score (nSPS) is 22.7. The number of rotatable bonds is 5. The maximum atomic E-state index is 12.8. The number of likely N-dealkylation sites (tertiary alicyclic amines) is 1. The highest BCUT2D eigenvalue weighted by Crippen LogP contribution is 2.36. The van der Waals surface area contributed by atoms with Gasteiger partial charge in [-0.1, -0.05) is 13.8 Å². The summed E-state index contributed by atoms with van der Waals surface area (Å²) in [5, 5.41) is 9.55. The average molecular weight is 300 g/mol. The van der Waals surface area contributed by atoms with Crippen LogP contribution in [0.5, 0.6) is 0 Å². The second-order valence-electron chi connectivity index (χ2n) is 6.40. The quantitative estimate of drug-likeness (QED) is 0.843. The number of amides is 2. The van der Waals surface area contributed by atoms with Crippen LogP contribution in [-0.4, -0.2) is 65.8 Å². The van der Waals surface area contributed by atoms with Gasteiger partial charge in [0.15, 0.2) is 0 Å². The van der Waals surface area contributed by atoms with Gasteiger partial charge in [0, 0.05) is 20.2 Å². The SMILES string of the molecule is CCN(C(=O)N1CCCC(C)(C)C1C(=O)O)C(C)COC. The van der Waals surface area contributed by atoms with Gasteiger partial charge in [-0.3, -0.25) is 0 Å². The van der Waals surface area contributed by atoms with Crippen LogP contribution in [0.1, 0.15) is 40.5 Å². The van der Waals surface area contributed by atoms with Gasteiger partial charge in [-0.05, 0) is 32.1 Å². The minimum absolute atomic E-state index is 0.0769. The van der Waals surface area contributed by atoms with E-state index in [9.17, 15) is 14.7 Å². The van der Waals surface area contributed by atoms with Crippen LogP contribution in [0.2, 0.25) is 0 Å². The monoisotopic (exact) mass is 300 g/mol. The van der Waals surface area contributed by atoms with Crippen LogP contribution in [0.4, 0.5) is 4.79 Å². The molecular weight excluding hydrogens is 272 g/mol. The van der Waals surface area contributed by atoms with E-state index in [4.69, 9.17) is 4.74 Å². The predicted molar refractivity (Wildman–Crippen MR) is 80.3 cm³/mol. The van der Waals surface area contributed by atoms with Crippen LogP contribution in [0.25, 0.3) is 0 Å². The van der Waals surface area contributed by atoms with Crippen molar-refractivity contribution in [1.29, 1.82) is 0 Å². The molecule has 1 rings (SSSR count). The Labute approximate surface area is 127 Å². The number of carbonyl (C=O) groups excluding carboxylic acids is 1. The molecule has 122 valence electrons. The van der Waals surface area contributed by atoms with Crippen LogP contribution in [0.3, 0.4) is 0 Å². The van der Waals surface area contributed by atoms with Gasteiger partial charge in [-0.15, -0.1) is 0 Å². The maximum absolute atomic E-state index is 12.8. The van der Waals surface area contributed by atoms with E-state index in [0.29, 0.717) is 19.7 Å². The predicted octanol–water partition coefficient (Wildman–Crippen LogP) is 2.04. The molecule has 6 nitrogen and oxygen atoms in total. The van der Waals surface area contributed by atoms with Gasteiger partial charge in [0.05, 0.1) is 12.6 Å². The fraction of sp³-hybridized carbons (Fsp3) is 0.867. The molecular formula is C15H28N2O4. The van der Waals surface area contributed by atoms with E-state index >= 15 is 0 Å². The molecule has 1 aliphatic rings. The summed E-state index contributed by atoms with van der Waals surface area (Å²) in [6.07, 6.45) is 1.65. The van der Waals surface area contributed by atoms with E-state index in [2.05, 4.69) is 0 Å². The molecule has 0 spiro atoms. The Balaban J connectivity index is 2.99. The number of piperidine rings is 1. The van der Waals surface area contributed by atoms with Crippen LogP contribution in [-0.2, 0) is 9.53 Å². The number of carboxylic acids is 1. The lowest BCUT2D eigenvalue weighted by atomic mass is 9.76. The van der Waals surface area contributed by atoms with Crippen molar-refractivity contribution in [3.63, 3.8) is 0 Å². The van der Waals surface area contributed by atoms with Crippen LogP contribution in [0, 0.1) is 5.41 Å². The number of hydrogen-bond acceptors (Lipinski definition) is 3. The first-order valence-corrected chi connectivity index (χ1v) is 7.55. The molecule has 0 saturated carbocycles. The van der Waals surface area contributed by atoms with Crippen LogP contribution in [0.15, 0.2) is 0 Å².